The summed E-state index contributed by atoms with van der Waals surface area (Å²) < 4.78 is 44.2. The van der Waals surface area contributed by atoms with E-state index in [9.17, 15) is 13.2 Å². The number of hydrogen-bond donors (Lipinski definition) is 0. The molecule has 3 rings (SSSR count). The standard InChI is InChI=1S/C20H23F3N2O.2ClH/c1-24(2)11-12-25-13-15-5-3-4-6-18(15)19(14-25)26-17-9-7-16(8-10-17)20(21,22)23;;/h3-10,19H,11-14H2,1-2H3;2*1H. The highest BCUT2D eigenvalue weighted by Gasteiger charge is 2.30. The van der Waals surface area contributed by atoms with Gasteiger partial charge < -0.3 is 9.64 Å². The number of nitrogens with zero attached hydrogens (tertiary/aromatic N) is 2. The summed E-state index contributed by atoms with van der Waals surface area (Å²) in [6.45, 7) is 3.42. The third-order valence-electron chi connectivity index (χ3n) is 4.54. The molecule has 1 aliphatic rings. The van der Waals surface area contributed by atoms with Crippen molar-refractivity contribution >= 4 is 24.8 Å². The van der Waals surface area contributed by atoms with Crippen LogP contribution >= 0.6 is 24.8 Å². The molecule has 1 atom stereocenters. The summed E-state index contributed by atoms with van der Waals surface area (Å²) in [5.74, 6) is 0.451. The lowest BCUT2D eigenvalue weighted by atomic mass is 9.97. The van der Waals surface area contributed by atoms with Crippen LogP contribution in [0.5, 0.6) is 5.75 Å². The van der Waals surface area contributed by atoms with Crippen LogP contribution in [0.4, 0.5) is 13.2 Å². The number of alkyl halides is 3. The lowest BCUT2D eigenvalue weighted by Gasteiger charge is -2.35. The number of hydrogen-bond acceptors (Lipinski definition) is 3. The van der Waals surface area contributed by atoms with E-state index in [0.717, 1.165) is 37.3 Å². The van der Waals surface area contributed by atoms with Crippen molar-refractivity contribution in [3.8, 4) is 5.75 Å². The van der Waals surface area contributed by atoms with Gasteiger partial charge >= 0.3 is 6.18 Å². The first kappa shape index (κ1) is 24.6. The second-order valence-corrected chi connectivity index (χ2v) is 6.87. The predicted molar refractivity (Wildman–Crippen MR) is 110 cm³/mol. The van der Waals surface area contributed by atoms with Crippen molar-refractivity contribution in [1.29, 1.82) is 0 Å². The molecule has 0 radical (unpaired) electrons. The van der Waals surface area contributed by atoms with Crippen LogP contribution < -0.4 is 4.74 Å². The van der Waals surface area contributed by atoms with Crippen LogP contribution in [0.15, 0.2) is 48.5 Å². The minimum Gasteiger partial charge on any atom is -0.484 e. The molecule has 0 spiro atoms. The van der Waals surface area contributed by atoms with Crippen LogP contribution in [0.2, 0.25) is 0 Å². The molecule has 1 unspecified atom stereocenters. The molecule has 2 aromatic carbocycles. The SMILES string of the molecule is CN(C)CCN1Cc2ccccc2C(Oc2ccc(C(F)(F)F)cc2)C1.Cl.Cl. The molecule has 0 amide bonds. The summed E-state index contributed by atoms with van der Waals surface area (Å²) in [4.78, 5) is 4.45. The first-order valence-electron chi connectivity index (χ1n) is 8.62. The zero-order valence-electron chi connectivity index (χ0n) is 15.8. The van der Waals surface area contributed by atoms with Crippen LogP contribution in [0.25, 0.3) is 0 Å². The zero-order valence-corrected chi connectivity index (χ0v) is 17.4. The van der Waals surface area contributed by atoms with Gasteiger partial charge in [0.1, 0.15) is 11.9 Å². The van der Waals surface area contributed by atoms with Crippen molar-refractivity contribution in [3.63, 3.8) is 0 Å². The first-order chi connectivity index (χ1) is 12.3. The van der Waals surface area contributed by atoms with Crippen LogP contribution in [-0.2, 0) is 12.7 Å². The molecule has 0 fully saturated rings. The monoisotopic (exact) mass is 436 g/mol. The minimum absolute atomic E-state index is 0. The van der Waals surface area contributed by atoms with Crippen molar-refractivity contribution in [3.05, 3.63) is 65.2 Å². The van der Waals surface area contributed by atoms with Gasteiger partial charge in [0.2, 0.25) is 0 Å². The quantitative estimate of drug-likeness (QED) is 0.652. The maximum atomic E-state index is 12.7. The average molecular weight is 437 g/mol. The van der Waals surface area contributed by atoms with Gasteiger partial charge in [0.25, 0.3) is 0 Å². The summed E-state index contributed by atoms with van der Waals surface area (Å²) >= 11 is 0. The molecular weight excluding hydrogens is 412 g/mol. The van der Waals surface area contributed by atoms with E-state index in [0.29, 0.717) is 12.3 Å². The molecule has 0 aliphatic carbocycles. The van der Waals surface area contributed by atoms with Gasteiger partial charge in [0, 0.05) is 26.2 Å². The van der Waals surface area contributed by atoms with E-state index >= 15 is 0 Å². The largest absolute Gasteiger partial charge is 0.484 e. The van der Waals surface area contributed by atoms with E-state index in [-0.39, 0.29) is 30.9 Å². The third-order valence-corrected chi connectivity index (χ3v) is 4.54. The van der Waals surface area contributed by atoms with Crippen LogP contribution in [0.3, 0.4) is 0 Å². The molecule has 0 saturated heterocycles. The van der Waals surface area contributed by atoms with E-state index in [1.165, 1.54) is 17.7 Å². The average Bonchev–Trinajstić information content (AvgIpc) is 2.59. The van der Waals surface area contributed by atoms with Gasteiger partial charge in [0.15, 0.2) is 0 Å². The fourth-order valence-electron chi connectivity index (χ4n) is 3.13. The Morgan fingerprint density at radius 3 is 2.29 bits per heavy atom. The summed E-state index contributed by atoms with van der Waals surface area (Å²) in [6.07, 6.45) is -4.53. The topological polar surface area (TPSA) is 15.7 Å². The molecule has 1 heterocycles. The van der Waals surface area contributed by atoms with Crippen molar-refractivity contribution < 1.29 is 17.9 Å². The summed E-state index contributed by atoms with van der Waals surface area (Å²) in [5.41, 5.74) is 1.64. The van der Waals surface area contributed by atoms with Crippen molar-refractivity contribution in [2.24, 2.45) is 0 Å². The van der Waals surface area contributed by atoms with Crippen molar-refractivity contribution in [2.75, 3.05) is 33.7 Å². The molecule has 8 heteroatoms. The molecule has 0 saturated carbocycles. The van der Waals surface area contributed by atoms with E-state index < -0.39 is 11.7 Å². The number of ether oxygens (including phenoxy) is 1. The van der Waals surface area contributed by atoms with Gasteiger partial charge in [-0.25, -0.2) is 0 Å². The van der Waals surface area contributed by atoms with E-state index in [1.807, 2.05) is 32.3 Å². The van der Waals surface area contributed by atoms with Crippen LogP contribution in [-0.4, -0.2) is 43.5 Å². The van der Waals surface area contributed by atoms with Crippen molar-refractivity contribution in [2.45, 2.75) is 18.8 Å². The summed E-state index contributed by atoms with van der Waals surface area (Å²) in [5, 5.41) is 0. The molecule has 0 bridgehead atoms. The second-order valence-electron chi connectivity index (χ2n) is 6.87. The van der Waals surface area contributed by atoms with Crippen LogP contribution in [0, 0.1) is 0 Å². The molecule has 28 heavy (non-hydrogen) atoms. The molecule has 3 nitrogen and oxygen atoms in total. The van der Waals surface area contributed by atoms with Gasteiger partial charge in [-0.1, -0.05) is 24.3 Å². The number of rotatable bonds is 5. The minimum atomic E-state index is -4.33. The number of likely N-dealkylation sites (N-methyl/N-ethyl adjacent to an activating group) is 1. The molecular formula is C20H25Cl2F3N2O. The lowest BCUT2D eigenvalue weighted by molar-refractivity contribution is -0.137. The second kappa shape index (κ2) is 10.3. The maximum absolute atomic E-state index is 12.7. The van der Waals surface area contributed by atoms with Crippen LogP contribution in [0.1, 0.15) is 22.8 Å². The smallest absolute Gasteiger partial charge is 0.416 e. The first-order valence-corrected chi connectivity index (χ1v) is 8.62. The molecule has 0 aromatic heterocycles. The molecule has 156 valence electrons. The van der Waals surface area contributed by atoms with Gasteiger partial charge in [-0.2, -0.15) is 13.2 Å². The highest BCUT2D eigenvalue weighted by molar-refractivity contribution is 5.85. The fourth-order valence-corrected chi connectivity index (χ4v) is 3.13. The lowest BCUT2D eigenvalue weighted by Crippen LogP contribution is -2.39. The van der Waals surface area contributed by atoms with Crippen molar-refractivity contribution in [1.82, 2.24) is 9.80 Å². The Kier molecular flexibility index (Phi) is 9.08. The Bertz CT molecular complexity index is 739. The third kappa shape index (κ3) is 6.27. The molecule has 0 N–H and O–H groups in total. The Morgan fingerprint density at radius 1 is 1.04 bits per heavy atom. The predicted octanol–water partition coefficient (Wildman–Crippen LogP) is 5.05. The van der Waals surface area contributed by atoms with Gasteiger partial charge in [0.05, 0.1) is 5.56 Å². The number of benzene rings is 2. The van der Waals surface area contributed by atoms with E-state index in [2.05, 4.69) is 15.9 Å². The van der Waals surface area contributed by atoms with Gasteiger partial charge in [-0.05, 0) is 49.5 Å². The summed E-state index contributed by atoms with van der Waals surface area (Å²) in [7, 11) is 4.07. The van der Waals surface area contributed by atoms with Gasteiger partial charge in [-0.15, -0.1) is 24.8 Å². The Hall–Kier alpha value is -1.47. The zero-order chi connectivity index (χ0) is 18.7. The molecule has 1 aliphatic heterocycles. The van der Waals surface area contributed by atoms with Gasteiger partial charge in [-0.3, -0.25) is 4.90 Å². The highest BCUT2D eigenvalue weighted by Crippen LogP contribution is 2.33. The molecule has 2 aromatic rings. The van der Waals surface area contributed by atoms with E-state index in [1.54, 1.807) is 0 Å². The number of fused-ring (bicyclic) bond motifs is 1. The Balaban J connectivity index is 0.00000196. The Labute approximate surface area is 176 Å². The van der Waals surface area contributed by atoms with E-state index in [4.69, 9.17) is 4.74 Å². The highest BCUT2D eigenvalue weighted by atomic mass is 35.5. The fraction of sp³-hybridized carbons (Fsp3) is 0.400. The maximum Gasteiger partial charge on any atom is 0.416 e. The number of halogens is 5. The summed E-state index contributed by atoms with van der Waals surface area (Å²) in [6, 6.07) is 13.0. The normalized spacial score (nSPS) is 16.7. The Morgan fingerprint density at radius 2 is 1.68 bits per heavy atom.